The number of ether oxygens (including phenoxy) is 1. The van der Waals surface area contributed by atoms with Gasteiger partial charge in [0, 0.05) is 18.0 Å². The summed E-state index contributed by atoms with van der Waals surface area (Å²) in [4.78, 5) is 12.8. The molecule has 0 aliphatic heterocycles. The van der Waals surface area contributed by atoms with E-state index in [0.717, 1.165) is 33.4 Å². The lowest BCUT2D eigenvalue weighted by Crippen LogP contribution is -2.01. The summed E-state index contributed by atoms with van der Waals surface area (Å²) in [5, 5.41) is 5.15. The SMILES string of the molecule is Cc1cc(Oc2nccc3occc23)ccc1-c1c(C)cnc2ncnn12. The zero-order valence-corrected chi connectivity index (χ0v) is 14.7. The molecular formula is C20H15N5O2. The highest BCUT2D eigenvalue weighted by molar-refractivity contribution is 5.82. The van der Waals surface area contributed by atoms with Gasteiger partial charge in [-0.1, -0.05) is 0 Å². The van der Waals surface area contributed by atoms with Crippen LogP contribution in [-0.2, 0) is 0 Å². The van der Waals surface area contributed by atoms with Crippen LogP contribution >= 0.6 is 0 Å². The Morgan fingerprint density at radius 2 is 1.93 bits per heavy atom. The number of aromatic nitrogens is 5. The van der Waals surface area contributed by atoms with Gasteiger partial charge >= 0.3 is 0 Å². The van der Waals surface area contributed by atoms with E-state index in [1.54, 1.807) is 17.0 Å². The van der Waals surface area contributed by atoms with Gasteiger partial charge in [-0.05, 0) is 55.3 Å². The van der Waals surface area contributed by atoms with Crippen LogP contribution in [0.5, 0.6) is 11.6 Å². The van der Waals surface area contributed by atoms with Crippen molar-refractivity contribution in [3.63, 3.8) is 0 Å². The Balaban J connectivity index is 1.57. The first-order valence-electron chi connectivity index (χ1n) is 8.47. The second-order valence-corrected chi connectivity index (χ2v) is 6.29. The number of fused-ring (bicyclic) bond motifs is 2. The van der Waals surface area contributed by atoms with Crippen molar-refractivity contribution in [2.75, 3.05) is 0 Å². The van der Waals surface area contributed by atoms with Crippen LogP contribution in [0.25, 0.3) is 28.0 Å². The van der Waals surface area contributed by atoms with Crippen molar-refractivity contribution in [3.8, 4) is 22.9 Å². The number of pyridine rings is 1. The average Bonchev–Trinajstić information content (AvgIpc) is 3.32. The standard InChI is InChI=1S/C20H15N5O2/c1-12-9-14(27-19-16-6-8-26-17(16)5-7-21-19)3-4-15(12)18-13(2)10-22-20-23-11-24-25(18)20/h3-11H,1-2H3. The Hall–Kier alpha value is -3.74. The van der Waals surface area contributed by atoms with Crippen molar-refractivity contribution in [3.05, 3.63) is 66.4 Å². The van der Waals surface area contributed by atoms with E-state index in [9.17, 15) is 0 Å². The fourth-order valence-electron chi connectivity index (χ4n) is 3.22. The molecule has 132 valence electrons. The van der Waals surface area contributed by atoms with E-state index in [1.807, 2.05) is 50.4 Å². The molecule has 0 aliphatic rings. The summed E-state index contributed by atoms with van der Waals surface area (Å²) in [6, 6.07) is 9.58. The Bertz CT molecular complexity index is 1290. The second-order valence-electron chi connectivity index (χ2n) is 6.29. The number of furan rings is 1. The van der Waals surface area contributed by atoms with E-state index in [2.05, 4.69) is 20.1 Å². The Labute approximate surface area is 154 Å². The maximum absolute atomic E-state index is 6.01. The summed E-state index contributed by atoms with van der Waals surface area (Å²) in [7, 11) is 0. The van der Waals surface area contributed by atoms with Gasteiger partial charge in [0.25, 0.3) is 5.78 Å². The summed E-state index contributed by atoms with van der Waals surface area (Å²) < 4.78 is 13.2. The van der Waals surface area contributed by atoms with Gasteiger partial charge in [-0.25, -0.2) is 9.97 Å². The molecule has 0 radical (unpaired) electrons. The molecule has 0 saturated heterocycles. The van der Waals surface area contributed by atoms with E-state index in [0.29, 0.717) is 17.4 Å². The molecule has 7 heteroatoms. The van der Waals surface area contributed by atoms with Crippen LogP contribution in [0.4, 0.5) is 0 Å². The molecule has 7 nitrogen and oxygen atoms in total. The zero-order chi connectivity index (χ0) is 18.4. The van der Waals surface area contributed by atoms with Crippen LogP contribution in [0.2, 0.25) is 0 Å². The number of aryl methyl sites for hydroxylation is 2. The normalized spacial score (nSPS) is 11.3. The molecule has 0 amide bonds. The first-order valence-corrected chi connectivity index (χ1v) is 8.47. The highest BCUT2D eigenvalue weighted by Gasteiger charge is 2.14. The van der Waals surface area contributed by atoms with Crippen LogP contribution < -0.4 is 4.74 Å². The minimum absolute atomic E-state index is 0.521. The van der Waals surface area contributed by atoms with Crippen molar-refractivity contribution in [2.24, 2.45) is 0 Å². The van der Waals surface area contributed by atoms with Crippen molar-refractivity contribution in [1.82, 2.24) is 24.6 Å². The molecular weight excluding hydrogens is 342 g/mol. The smallest absolute Gasteiger partial charge is 0.252 e. The molecule has 0 atom stereocenters. The highest BCUT2D eigenvalue weighted by atomic mass is 16.5. The third-order valence-electron chi connectivity index (χ3n) is 4.50. The summed E-state index contributed by atoms with van der Waals surface area (Å²) in [6.45, 7) is 4.05. The third-order valence-corrected chi connectivity index (χ3v) is 4.50. The number of hydrogen-bond acceptors (Lipinski definition) is 6. The van der Waals surface area contributed by atoms with Gasteiger partial charge in [0.1, 0.15) is 17.7 Å². The van der Waals surface area contributed by atoms with Gasteiger partial charge in [-0.2, -0.15) is 14.6 Å². The quantitative estimate of drug-likeness (QED) is 0.478. The minimum Gasteiger partial charge on any atom is -0.464 e. The number of rotatable bonds is 3. The maximum atomic E-state index is 6.01. The number of nitrogens with zero attached hydrogens (tertiary/aromatic N) is 5. The molecule has 1 aromatic carbocycles. The number of hydrogen-bond donors (Lipinski definition) is 0. The molecule has 4 aromatic heterocycles. The van der Waals surface area contributed by atoms with Gasteiger partial charge in [0.2, 0.25) is 5.88 Å². The molecule has 0 fully saturated rings. The molecule has 0 spiro atoms. The Morgan fingerprint density at radius 3 is 2.81 bits per heavy atom. The zero-order valence-electron chi connectivity index (χ0n) is 14.7. The fourth-order valence-corrected chi connectivity index (χ4v) is 3.22. The van der Waals surface area contributed by atoms with Gasteiger partial charge in [0.15, 0.2) is 0 Å². The average molecular weight is 357 g/mol. The molecule has 5 rings (SSSR count). The molecule has 27 heavy (non-hydrogen) atoms. The molecule has 0 N–H and O–H groups in total. The maximum Gasteiger partial charge on any atom is 0.252 e. The predicted molar refractivity (Wildman–Crippen MR) is 99.8 cm³/mol. The first-order chi connectivity index (χ1) is 13.2. The lowest BCUT2D eigenvalue weighted by Gasteiger charge is -2.12. The largest absolute Gasteiger partial charge is 0.464 e. The molecule has 0 bridgehead atoms. The van der Waals surface area contributed by atoms with E-state index >= 15 is 0 Å². The Kier molecular flexibility index (Phi) is 3.39. The fraction of sp³-hybridized carbons (Fsp3) is 0.100. The molecule has 5 aromatic rings. The van der Waals surface area contributed by atoms with Gasteiger partial charge in [0.05, 0.1) is 17.3 Å². The van der Waals surface area contributed by atoms with Crippen LogP contribution in [-0.4, -0.2) is 24.6 Å². The molecule has 0 aliphatic carbocycles. The lowest BCUT2D eigenvalue weighted by molar-refractivity contribution is 0.468. The Morgan fingerprint density at radius 1 is 1.00 bits per heavy atom. The summed E-state index contributed by atoms with van der Waals surface area (Å²) in [5.41, 5.74) is 4.84. The van der Waals surface area contributed by atoms with Crippen molar-refractivity contribution < 1.29 is 9.15 Å². The predicted octanol–water partition coefficient (Wildman–Crippen LogP) is 4.34. The van der Waals surface area contributed by atoms with Crippen molar-refractivity contribution in [2.45, 2.75) is 13.8 Å². The molecule has 4 heterocycles. The van der Waals surface area contributed by atoms with E-state index in [1.165, 1.54) is 6.33 Å². The monoisotopic (exact) mass is 357 g/mol. The van der Waals surface area contributed by atoms with E-state index in [-0.39, 0.29) is 0 Å². The van der Waals surface area contributed by atoms with Crippen molar-refractivity contribution in [1.29, 1.82) is 0 Å². The summed E-state index contributed by atoms with van der Waals surface area (Å²) in [6.07, 6.45) is 6.62. The van der Waals surface area contributed by atoms with E-state index < -0.39 is 0 Å². The second kappa shape index (κ2) is 5.91. The summed E-state index contributed by atoms with van der Waals surface area (Å²) >= 11 is 0. The molecule has 0 unspecified atom stereocenters. The lowest BCUT2D eigenvalue weighted by atomic mass is 10.0. The highest BCUT2D eigenvalue weighted by Crippen LogP contribution is 2.32. The third kappa shape index (κ3) is 2.52. The minimum atomic E-state index is 0.521. The van der Waals surface area contributed by atoms with Gasteiger partial charge in [-0.3, -0.25) is 0 Å². The summed E-state index contributed by atoms with van der Waals surface area (Å²) in [5.74, 6) is 1.80. The first kappa shape index (κ1) is 15.5. The van der Waals surface area contributed by atoms with Gasteiger partial charge < -0.3 is 9.15 Å². The number of benzene rings is 1. The van der Waals surface area contributed by atoms with Gasteiger partial charge in [-0.15, -0.1) is 0 Å². The van der Waals surface area contributed by atoms with Crippen LogP contribution in [0, 0.1) is 13.8 Å². The van der Waals surface area contributed by atoms with Crippen LogP contribution in [0.1, 0.15) is 11.1 Å². The van der Waals surface area contributed by atoms with Crippen molar-refractivity contribution >= 4 is 16.7 Å². The van der Waals surface area contributed by atoms with Crippen LogP contribution in [0.3, 0.4) is 0 Å². The van der Waals surface area contributed by atoms with E-state index in [4.69, 9.17) is 9.15 Å². The van der Waals surface area contributed by atoms with Crippen LogP contribution in [0.15, 0.2) is 59.7 Å². The topological polar surface area (TPSA) is 78.3 Å². The molecule has 0 saturated carbocycles.